The van der Waals surface area contributed by atoms with Crippen molar-refractivity contribution in [2.75, 3.05) is 18.5 Å². The number of rotatable bonds is 4. The van der Waals surface area contributed by atoms with Gasteiger partial charge in [-0.3, -0.25) is 0 Å². The molecule has 1 aliphatic rings. The Morgan fingerprint density at radius 1 is 1.35 bits per heavy atom. The molecule has 20 heavy (non-hydrogen) atoms. The molecule has 2 N–H and O–H groups in total. The van der Waals surface area contributed by atoms with Crippen molar-refractivity contribution >= 4 is 5.69 Å². The van der Waals surface area contributed by atoms with E-state index in [0.29, 0.717) is 24.1 Å². The molecule has 2 nitrogen and oxygen atoms in total. The van der Waals surface area contributed by atoms with Crippen molar-refractivity contribution in [3.63, 3.8) is 0 Å². The number of halogens is 1. The Labute approximate surface area is 122 Å². The molecular formula is C17H27FN2. The second-order valence-electron chi connectivity index (χ2n) is 6.41. The van der Waals surface area contributed by atoms with E-state index in [2.05, 4.69) is 18.7 Å². The van der Waals surface area contributed by atoms with E-state index in [1.54, 1.807) is 6.07 Å². The molecule has 0 saturated heterocycles. The Kier molecular flexibility index (Phi) is 4.69. The molecular weight excluding hydrogens is 251 g/mol. The van der Waals surface area contributed by atoms with Gasteiger partial charge in [0.2, 0.25) is 0 Å². The zero-order valence-electron chi connectivity index (χ0n) is 12.9. The van der Waals surface area contributed by atoms with E-state index in [-0.39, 0.29) is 11.4 Å². The monoisotopic (exact) mass is 278 g/mol. The summed E-state index contributed by atoms with van der Waals surface area (Å²) in [5, 5.41) is 0. The lowest BCUT2D eigenvalue weighted by molar-refractivity contribution is 0.141. The number of nitrogens with zero attached hydrogens (tertiary/aromatic N) is 1. The number of hydrogen-bond acceptors (Lipinski definition) is 2. The van der Waals surface area contributed by atoms with Crippen LogP contribution in [0.2, 0.25) is 0 Å². The minimum atomic E-state index is -0.157. The van der Waals surface area contributed by atoms with E-state index in [1.807, 2.05) is 19.2 Å². The maximum atomic E-state index is 14.1. The quantitative estimate of drug-likeness (QED) is 0.907. The fraction of sp³-hybridized carbons (Fsp3) is 0.647. The van der Waals surface area contributed by atoms with Gasteiger partial charge in [0.25, 0.3) is 0 Å². The molecule has 2 rings (SSSR count). The van der Waals surface area contributed by atoms with Crippen LogP contribution in [0.15, 0.2) is 24.3 Å². The van der Waals surface area contributed by atoms with Gasteiger partial charge >= 0.3 is 0 Å². The highest BCUT2D eigenvalue weighted by atomic mass is 19.1. The van der Waals surface area contributed by atoms with Crippen molar-refractivity contribution in [2.45, 2.75) is 45.1 Å². The van der Waals surface area contributed by atoms with E-state index in [0.717, 1.165) is 6.42 Å². The van der Waals surface area contributed by atoms with Gasteiger partial charge in [0, 0.05) is 13.6 Å². The van der Waals surface area contributed by atoms with Crippen LogP contribution >= 0.6 is 0 Å². The first-order chi connectivity index (χ1) is 9.53. The molecule has 1 saturated carbocycles. The molecule has 1 aromatic carbocycles. The number of nitrogens with two attached hydrogens (primary N) is 1. The minimum absolute atomic E-state index is 0.116. The summed E-state index contributed by atoms with van der Waals surface area (Å²) in [4.78, 5) is 2.12. The third-order valence-corrected chi connectivity index (χ3v) is 5.11. The highest BCUT2D eigenvalue weighted by molar-refractivity contribution is 5.50. The maximum Gasteiger partial charge on any atom is 0.146 e. The fourth-order valence-electron chi connectivity index (χ4n) is 3.97. The topological polar surface area (TPSA) is 29.3 Å². The zero-order valence-corrected chi connectivity index (χ0v) is 12.9. The predicted octanol–water partition coefficient (Wildman–Crippen LogP) is 3.81. The van der Waals surface area contributed by atoms with Gasteiger partial charge in [0.15, 0.2) is 0 Å². The molecule has 1 aliphatic carbocycles. The molecule has 1 fully saturated rings. The lowest BCUT2D eigenvalue weighted by Gasteiger charge is -2.52. The largest absolute Gasteiger partial charge is 0.365 e. The SMILES string of the molecule is CC(C)C1CCCCC1(CN)N(C)c1ccccc1F. The number of hydrogen-bond donors (Lipinski definition) is 1. The summed E-state index contributed by atoms with van der Waals surface area (Å²) >= 11 is 0. The summed E-state index contributed by atoms with van der Waals surface area (Å²) in [6.45, 7) is 5.10. The second-order valence-corrected chi connectivity index (χ2v) is 6.41. The van der Waals surface area contributed by atoms with Crippen molar-refractivity contribution in [1.82, 2.24) is 0 Å². The van der Waals surface area contributed by atoms with Crippen molar-refractivity contribution in [1.29, 1.82) is 0 Å². The lowest BCUT2D eigenvalue weighted by Crippen LogP contribution is -2.60. The second kappa shape index (κ2) is 6.13. The molecule has 0 aromatic heterocycles. The summed E-state index contributed by atoms with van der Waals surface area (Å²) in [6.07, 6.45) is 4.68. The highest BCUT2D eigenvalue weighted by Crippen LogP contribution is 2.43. The number of likely N-dealkylation sites (N-methyl/N-ethyl adjacent to an activating group) is 1. The van der Waals surface area contributed by atoms with Crippen LogP contribution < -0.4 is 10.6 Å². The summed E-state index contributed by atoms with van der Waals surface area (Å²) < 4.78 is 14.1. The molecule has 0 heterocycles. The van der Waals surface area contributed by atoms with Crippen LogP contribution in [-0.2, 0) is 0 Å². The Morgan fingerprint density at radius 3 is 2.65 bits per heavy atom. The van der Waals surface area contributed by atoms with Crippen LogP contribution in [0.3, 0.4) is 0 Å². The van der Waals surface area contributed by atoms with Gasteiger partial charge in [-0.2, -0.15) is 0 Å². The van der Waals surface area contributed by atoms with Gasteiger partial charge in [-0.15, -0.1) is 0 Å². The van der Waals surface area contributed by atoms with E-state index in [1.165, 1.54) is 25.3 Å². The molecule has 2 atom stereocenters. The molecule has 0 spiro atoms. The van der Waals surface area contributed by atoms with E-state index >= 15 is 0 Å². The van der Waals surface area contributed by atoms with Crippen molar-refractivity contribution in [2.24, 2.45) is 17.6 Å². The minimum Gasteiger partial charge on any atom is -0.365 e. The van der Waals surface area contributed by atoms with Gasteiger partial charge in [0.1, 0.15) is 5.82 Å². The Morgan fingerprint density at radius 2 is 2.05 bits per heavy atom. The number of benzene rings is 1. The third-order valence-electron chi connectivity index (χ3n) is 5.11. The lowest BCUT2D eigenvalue weighted by atomic mass is 9.67. The van der Waals surface area contributed by atoms with Crippen molar-refractivity contribution in [3.05, 3.63) is 30.1 Å². The summed E-state index contributed by atoms with van der Waals surface area (Å²) in [6, 6.07) is 7.02. The van der Waals surface area contributed by atoms with Crippen LogP contribution in [0.1, 0.15) is 39.5 Å². The number of para-hydroxylation sites is 1. The average Bonchev–Trinajstić information content (AvgIpc) is 2.46. The molecule has 0 aliphatic heterocycles. The molecule has 112 valence electrons. The summed E-state index contributed by atoms with van der Waals surface area (Å²) in [7, 11) is 2.01. The third kappa shape index (κ3) is 2.56. The van der Waals surface area contributed by atoms with Crippen molar-refractivity contribution < 1.29 is 4.39 Å². The average molecular weight is 278 g/mol. The first kappa shape index (κ1) is 15.3. The Hall–Kier alpha value is -1.09. The van der Waals surface area contributed by atoms with Gasteiger partial charge < -0.3 is 10.6 Å². The fourth-order valence-corrected chi connectivity index (χ4v) is 3.97. The summed E-state index contributed by atoms with van der Waals surface area (Å²) in [5.74, 6) is 0.926. The number of anilines is 1. The molecule has 0 amide bonds. The molecule has 3 heteroatoms. The van der Waals surface area contributed by atoms with Crippen LogP contribution in [0.5, 0.6) is 0 Å². The molecule has 0 bridgehead atoms. The van der Waals surface area contributed by atoms with E-state index < -0.39 is 0 Å². The molecule has 1 aromatic rings. The standard InChI is InChI=1S/C17H27FN2/c1-13(2)14-8-6-7-11-17(14,12-19)20(3)16-10-5-4-9-15(16)18/h4-5,9-10,13-14H,6-8,11-12,19H2,1-3H3. The molecule has 0 radical (unpaired) electrons. The van der Waals surface area contributed by atoms with Crippen molar-refractivity contribution in [3.8, 4) is 0 Å². The first-order valence-electron chi connectivity index (χ1n) is 7.71. The normalized spacial score (nSPS) is 26.8. The Bertz CT molecular complexity index is 446. The smallest absolute Gasteiger partial charge is 0.146 e. The zero-order chi connectivity index (χ0) is 14.8. The van der Waals surface area contributed by atoms with E-state index in [4.69, 9.17) is 5.73 Å². The van der Waals surface area contributed by atoms with Gasteiger partial charge in [-0.1, -0.05) is 38.8 Å². The van der Waals surface area contributed by atoms with Crippen LogP contribution in [0.25, 0.3) is 0 Å². The highest BCUT2D eigenvalue weighted by Gasteiger charge is 2.44. The Balaban J connectivity index is 2.40. The van der Waals surface area contributed by atoms with Gasteiger partial charge in [0.05, 0.1) is 11.2 Å². The van der Waals surface area contributed by atoms with Gasteiger partial charge in [-0.05, 0) is 36.8 Å². The van der Waals surface area contributed by atoms with E-state index in [9.17, 15) is 4.39 Å². The molecule has 2 unspecified atom stereocenters. The summed E-state index contributed by atoms with van der Waals surface area (Å²) in [5.41, 5.74) is 6.75. The predicted molar refractivity (Wildman–Crippen MR) is 83.4 cm³/mol. The van der Waals surface area contributed by atoms with Crippen LogP contribution in [-0.4, -0.2) is 19.1 Å². The van der Waals surface area contributed by atoms with Crippen LogP contribution in [0, 0.1) is 17.7 Å². The first-order valence-corrected chi connectivity index (χ1v) is 7.71. The van der Waals surface area contributed by atoms with Crippen LogP contribution in [0.4, 0.5) is 10.1 Å². The van der Waals surface area contributed by atoms with Gasteiger partial charge in [-0.25, -0.2) is 4.39 Å². The maximum absolute atomic E-state index is 14.1.